The van der Waals surface area contributed by atoms with Gasteiger partial charge in [0.15, 0.2) is 0 Å². The van der Waals surface area contributed by atoms with Crippen LogP contribution in [0.1, 0.15) is 29.3 Å². The first-order valence-corrected chi connectivity index (χ1v) is 5.35. The molecule has 0 radical (unpaired) electrons. The molecule has 17 heavy (non-hydrogen) atoms. The first kappa shape index (κ1) is 13.0. The monoisotopic (exact) mass is 236 g/mol. The second kappa shape index (κ2) is 5.34. The van der Waals surface area contributed by atoms with Crippen molar-refractivity contribution in [3.8, 4) is 0 Å². The average Bonchev–Trinajstić information content (AvgIpc) is 2.28. The van der Waals surface area contributed by atoms with Crippen LogP contribution in [0.15, 0.2) is 18.2 Å². The zero-order valence-electron chi connectivity index (χ0n) is 9.86. The third kappa shape index (κ3) is 3.21. The van der Waals surface area contributed by atoms with Gasteiger partial charge >= 0.3 is 5.97 Å². The number of rotatable bonds is 4. The molecular formula is C12H16N2O3. The van der Waals surface area contributed by atoms with E-state index in [0.29, 0.717) is 17.7 Å². The topological polar surface area (TPSA) is 92.4 Å². The van der Waals surface area contributed by atoms with E-state index in [9.17, 15) is 9.59 Å². The molecule has 0 heterocycles. The summed E-state index contributed by atoms with van der Waals surface area (Å²) in [5.74, 6) is -1.43. The molecule has 4 N–H and O–H groups in total. The van der Waals surface area contributed by atoms with Gasteiger partial charge in [-0.05, 0) is 37.1 Å². The molecule has 92 valence electrons. The molecule has 0 aliphatic rings. The number of hydrogen-bond donors (Lipinski definition) is 3. The summed E-state index contributed by atoms with van der Waals surface area (Å²) in [5, 5.41) is 11.3. The van der Waals surface area contributed by atoms with E-state index < -0.39 is 17.9 Å². The van der Waals surface area contributed by atoms with Gasteiger partial charge in [-0.3, -0.25) is 4.79 Å². The van der Waals surface area contributed by atoms with Crippen LogP contribution in [-0.4, -0.2) is 23.0 Å². The van der Waals surface area contributed by atoms with Crippen LogP contribution in [0.4, 0.5) is 5.69 Å². The Labute approximate surface area is 99.6 Å². The van der Waals surface area contributed by atoms with E-state index in [2.05, 4.69) is 5.32 Å². The van der Waals surface area contributed by atoms with Crippen molar-refractivity contribution in [2.75, 3.05) is 5.73 Å². The lowest BCUT2D eigenvalue weighted by molar-refractivity contribution is -0.139. The van der Waals surface area contributed by atoms with Crippen molar-refractivity contribution >= 4 is 17.6 Å². The highest BCUT2D eigenvalue weighted by Gasteiger charge is 2.18. The van der Waals surface area contributed by atoms with Crippen molar-refractivity contribution in [1.82, 2.24) is 5.32 Å². The number of nitrogens with one attached hydrogen (secondary N) is 1. The number of hydrogen-bond acceptors (Lipinski definition) is 3. The normalized spacial score (nSPS) is 11.9. The fraction of sp³-hybridized carbons (Fsp3) is 0.333. The van der Waals surface area contributed by atoms with Crippen molar-refractivity contribution < 1.29 is 14.7 Å². The van der Waals surface area contributed by atoms with E-state index in [4.69, 9.17) is 10.8 Å². The highest BCUT2D eigenvalue weighted by atomic mass is 16.4. The molecule has 1 aromatic rings. The van der Waals surface area contributed by atoms with Gasteiger partial charge in [-0.25, -0.2) is 4.79 Å². The molecule has 0 unspecified atom stereocenters. The predicted octanol–water partition coefficient (Wildman–Crippen LogP) is 1.17. The molecular weight excluding hydrogens is 220 g/mol. The Balaban J connectivity index is 2.82. The quantitative estimate of drug-likeness (QED) is 0.684. The number of aliphatic carboxylic acids is 1. The third-order valence-corrected chi connectivity index (χ3v) is 2.54. The number of carbonyl (C=O) groups is 2. The molecule has 0 fully saturated rings. The van der Waals surface area contributed by atoms with E-state index in [1.54, 1.807) is 32.0 Å². The molecule has 0 bridgehead atoms. The molecule has 0 aromatic heterocycles. The molecule has 1 rings (SSSR count). The number of nitrogens with two attached hydrogens (primary N) is 1. The van der Waals surface area contributed by atoms with Crippen LogP contribution < -0.4 is 11.1 Å². The Kier molecular flexibility index (Phi) is 4.09. The fourth-order valence-electron chi connectivity index (χ4n) is 1.40. The van der Waals surface area contributed by atoms with Gasteiger partial charge in [0, 0.05) is 11.3 Å². The van der Waals surface area contributed by atoms with Crippen molar-refractivity contribution in [3.05, 3.63) is 29.3 Å². The van der Waals surface area contributed by atoms with Crippen molar-refractivity contribution in [3.63, 3.8) is 0 Å². The van der Waals surface area contributed by atoms with Gasteiger partial charge in [-0.1, -0.05) is 6.92 Å². The Morgan fingerprint density at radius 3 is 2.59 bits per heavy atom. The Morgan fingerprint density at radius 2 is 2.12 bits per heavy atom. The van der Waals surface area contributed by atoms with Gasteiger partial charge in [-0.15, -0.1) is 0 Å². The second-order valence-electron chi connectivity index (χ2n) is 3.84. The Hall–Kier alpha value is -2.04. The van der Waals surface area contributed by atoms with Crippen molar-refractivity contribution in [2.45, 2.75) is 26.3 Å². The SMILES string of the molecule is CC[C@H](NC(=O)c1ccc(N)c(C)c1)C(=O)O. The molecule has 0 saturated heterocycles. The van der Waals surface area contributed by atoms with Gasteiger partial charge in [0.25, 0.3) is 5.91 Å². The highest BCUT2D eigenvalue weighted by molar-refractivity contribution is 5.97. The van der Waals surface area contributed by atoms with E-state index in [1.807, 2.05) is 0 Å². The summed E-state index contributed by atoms with van der Waals surface area (Å²) in [6.45, 7) is 3.49. The molecule has 5 nitrogen and oxygen atoms in total. The third-order valence-electron chi connectivity index (χ3n) is 2.54. The van der Waals surface area contributed by atoms with Gasteiger partial charge in [0.2, 0.25) is 0 Å². The minimum atomic E-state index is -1.03. The maximum absolute atomic E-state index is 11.8. The van der Waals surface area contributed by atoms with Crippen LogP contribution in [0.5, 0.6) is 0 Å². The number of amides is 1. The zero-order valence-corrected chi connectivity index (χ0v) is 9.86. The number of carboxylic acids is 1. The Morgan fingerprint density at radius 1 is 1.47 bits per heavy atom. The van der Waals surface area contributed by atoms with Crippen LogP contribution in [0.25, 0.3) is 0 Å². The van der Waals surface area contributed by atoms with Gasteiger partial charge in [0.05, 0.1) is 0 Å². The number of aryl methyl sites for hydroxylation is 1. The average molecular weight is 236 g/mol. The molecule has 0 aliphatic heterocycles. The van der Waals surface area contributed by atoms with Gasteiger partial charge in [0.1, 0.15) is 6.04 Å². The van der Waals surface area contributed by atoms with E-state index in [-0.39, 0.29) is 0 Å². The maximum atomic E-state index is 11.8. The molecule has 0 saturated carbocycles. The predicted molar refractivity (Wildman–Crippen MR) is 64.8 cm³/mol. The highest BCUT2D eigenvalue weighted by Crippen LogP contribution is 2.12. The zero-order chi connectivity index (χ0) is 13.0. The lowest BCUT2D eigenvalue weighted by atomic mass is 10.1. The van der Waals surface area contributed by atoms with Crippen LogP contribution in [0.3, 0.4) is 0 Å². The summed E-state index contributed by atoms with van der Waals surface area (Å²) in [5.41, 5.74) is 7.45. The van der Waals surface area contributed by atoms with Crippen molar-refractivity contribution in [1.29, 1.82) is 0 Å². The van der Waals surface area contributed by atoms with Crippen molar-refractivity contribution in [2.24, 2.45) is 0 Å². The molecule has 5 heteroatoms. The number of benzene rings is 1. The summed E-state index contributed by atoms with van der Waals surface area (Å²) < 4.78 is 0. The summed E-state index contributed by atoms with van der Waals surface area (Å²) in [6, 6.07) is 3.98. The van der Waals surface area contributed by atoms with Gasteiger partial charge in [-0.2, -0.15) is 0 Å². The van der Waals surface area contributed by atoms with Crippen LogP contribution in [0.2, 0.25) is 0 Å². The van der Waals surface area contributed by atoms with Crippen LogP contribution in [0, 0.1) is 6.92 Å². The van der Waals surface area contributed by atoms with E-state index >= 15 is 0 Å². The first-order valence-electron chi connectivity index (χ1n) is 5.35. The number of nitrogen functional groups attached to an aromatic ring is 1. The maximum Gasteiger partial charge on any atom is 0.326 e. The molecule has 1 aromatic carbocycles. The van der Waals surface area contributed by atoms with Crippen LogP contribution >= 0.6 is 0 Å². The minimum Gasteiger partial charge on any atom is -0.480 e. The molecule has 0 spiro atoms. The lowest BCUT2D eigenvalue weighted by Crippen LogP contribution is -2.40. The standard InChI is InChI=1S/C12H16N2O3/c1-3-10(12(16)17)14-11(15)8-4-5-9(13)7(2)6-8/h4-6,10H,3,13H2,1-2H3,(H,14,15)(H,16,17)/t10-/m0/s1. The molecule has 1 amide bonds. The summed E-state index contributed by atoms with van der Waals surface area (Å²) in [7, 11) is 0. The first-order chi connectivity index (χ1) is 7.95. The number of carbonyl (C=O) groups excluding carboxylic acids is 1. The molecule has 1 atom stereocenters. The lowest BCUT2D eigenvalue weighted by Gasteiger charge is -2.12. The van der Waals surface area contributed by atoms with Gasteiger partial charge < -0.3 is 16.2 Å². The van der Waals surface area contributed by atoms with E-state index in [1.165, 1.54) is 0 Å². The van der Waals surface area contributed by atoms with Crippen LogP contribution in [-0.2, 0) is 4.79 Å². The largest absolute Gasteiger partial charge is 0.480 e. The van der Waals surface area contributed by atoms with E-state index in [0.717, 1.165) is 5.56 Å². The Bertz CT molecular complexity index is 443. The minimum absolute atomic E-state index is 0.342. The summed E-state index contributed by atoms with van der Waals surface area (Å²) in [4.78, 5) is 22.6. The number of carboxylic acid groups (broad SMARTS) is 1. The summed E-state index contributed by atoms with van der Waals surface area (Å²) in [6.07, 6.45) is 0.342. The number of anilines is 1. The smallest absolute Gasteiger partial charge is 0.326 e. The fourth-order valence-corrected chi connectivity index (χ4v) is 1.40. The molecule has 0 aliphatic carbocycles. The summed E-state index contributed by atoms with van der Waals surface area (Å²) >= 11 is 0. The second-order valence-corrected chi connectivity index (χ2v) is 3.84.